The Morgan fingerprint density at radius 3 is 2.26 bits per heavy atom. The van der Waals surface area contributed by atoms with Gasteiger partial charge in [-0.1, -0.05) is 29.3 Å². The highest BCUT2D eigenvalue weighted by Crippen LogP contribution is 2.29. The fourth-order valence-corrected chi connectivity index (χ4v) is 2.69. The minimum atomic E-state index is -0.564. The molecule has 3 rings (SSSR count). The zero-order valence-electron chi connectivity index (χ0n) is 14.6. The maximum Gasteiger partial charge on any atom is 0.286 e. The fraction of sp³-hybridized carbons (Fsp3) is 0.100. The van der Waals surface area contributed by atoms with Crippen molar-refractivity contribution in [2.45, 2.75) is 13.8 Å². The quantitative estimate of drug-likeness (QED) is 0.642. The van der Waals surface area contributed by atoms with Gasteiger partial charge in [-0.15, -0.1) is 5.11 Å². The van der Waals surface area contributed by atoms with Gasteiger partial charge < -0.3 is 5.11 Å². The molecule has 1 aromatic heterocycles. The van der Waals surface area contributed by atoms with Crippen LogP contribution in [0.3, 0.4) is 0 Å². The molecule has 0 saturated carbocycles. The molecule has 0 bridgehead atoms. The molecule has 134 valence electrons. The molecule has 6 nitrogen and oxygen atoms in total. The van der Waals surface area contributed by atoms with Crippen molar-refractivity contribution in [3.05, 3.63) is 80.6 Å². The number of halogens is 1. The number of pyridine rings is 1. The summed E-state index contributed by atoms with van der Waals surface area (Å²) in [5, 5.41) is 28.6. The molecule has 1 heterocycles. The van der Waals surface area contributed by atoms with Gasteiger partial charge in [-0.2, -0.15) is 10.4 Å². The fourth-order valence-electron chi connectivity index (χ4n) is 2.56. The summed E-state index contributed by atoms with van der Waals surface area (Å²) in [5.74, 6) is -0.422. The Morgan fingerprint density at radius 1 is 1.04 bits per heavy atom. The van der Waals surface area contributed by atoms with Crippen molar-refractivity contribution < 1.29 is 5.11 Å². The molecule has 0 spiro atoms. The normalized spacial score (nSPS) is 10.9. The number of benzene rings is 2. The number of aromatic hydroxyl groups is 1. The van der Waals surface area contributed by atoms with Gasteiger partial charge in [0.1, 0.15) is 11.6 Å². The average molecular weight is 379 g/mol. The number of nitriles is 1. The number of rotatable bonds is 3. The lowest BCUT2D eigenvalue weighted by atomic mass is 10.1. The van der Waals surface area contributed by atoms with Crippen molar-refractivity contribution >= 4 is 23.0 Å². The average Bonchev–Trinajstić information content (AvgIpc) is 2.65. The van der Waals surface area contributed by atoms with E-state index in [1.54, 1.807) is 43.3 Å². The van der Waals surface area contributed by atoms with E-state index in [4.69, 9.17) is 11.6 Å². The van der Waals surface area contributed by atoms with Crippen molar-refractivity contribution in [3.8, 4) is 17.6 Å². The second kappa shape index (κ2) is 7.44. The van der Waals surface area contributed by atoms with E-state index in [9.17, 15) is 15.2 Å². The van der Waals surface area contributed by atoms with Crippen LogP contribution in [0.2, 0.25) is 5.02 Å². The summed E-state index contributed by atoms with van der Waals surface area (Å²) in [6, 6.07) is 15.6. The first-order valence-corrected chi connectivity index (χ1v) is 8.43. The van der Waals surface area contributed by atoms with E-state index in [-0.39, 0.29) is 16.8 Å². The summed E-state index contributed by atoms with van der Waals surface area (Å²) in [5.41, 5.74) is 1.60. The van der Waals surface area contributed by atoms with E-state index in [2.05, 4.69) is 10.2 Å². The predicted molar refractivity (Wildman–Crippen MR) is 104 cm³/mol. The summed E-state index contributed by atoms with van der Waals surface area (Å²) in [6.07, 6.45) is 0. The molecule has 0 amide bonds. The molecule has 7 heteroatoms. The zero-order valence-corrected chi connectivity index (χ0v) is 15.4. The lowest BCUT2D eigenvalue weighted by Gasteiger charge is -2.13. The smallest absolute Gasteiger partial charge is 0.286 e. The van der Waals surface area contributed by atoms with Crippen LogP contribution in [0.25, 0.3) is 5.69 Å². The molecular formula is C20H15ClN4O2. The van der Waals surface area contributed by atoms with E-state index >= 15 is 0 Å². The Kier molecular flexibility index (Phi) is 5.06. The Labute approximate surface area is 160 Å². The van der Waals surface area contributed by atoms with E-state index in [1.165, 1.54) is 0 Å². The first-order chi connectivity index (χ1) is 12.9. The molecule has 27 heavy (non-hydrogen) atoms. The first kappa shape index (κ1) is 18.4. The number of aromatic nitrogens is 1. The van der Waals surface area contributed by atoms with Crippen molar-refractivity contribution in [1.29, 1.82) is 5.26 Å². The molecule has 2 aromatic carbocycles. The van der Waals surface area contributed by atoms with Gasteiger partial charge >= 0.3 is 0 Å². The lowest BCUT2D eigenvalue weighted by molar-refractivity contribution is 0.433. The number of aryl methyl sites for hydroxylation is 1. The van der Waals surface area contributed by atoms with Gasteiger partial charge in [-0.05, 0) is 50.2 Å². The molecule has 0 aliphatic heterocycles. The number of azo groups is 1. The van der Waals surface area contributed by atoms with Crippen LogP contribution in [0, 0.1) is 25.2 Å². The van der Waals surface area contributed by atoms with Crippen LogP contribution in [0.15, 0.2) is 63.6 Å². The van der Waals surface area contributed by atoms with Crippen molar-refractivity contribution in [3.63, 3.8) is 0 Å². The topological polar surface area (TPSA) is 90.7 Å². The number of hydrogen-bond acceptors (Lipinski definition) is 5. The second-order valence-electron chi connectivity index (χ2n) is 5.94. The Bertz CT molecular complexity index is 1130. The summed E-state index contributed by atoms with van der Waals surface area (Å²) in [6.45, 7) is 3.46. The second-order valence-corrected chi connectivity index (χ2v) is 6.37. The van der Waals surface area contributed by atoms with Gasteiger partial charge in [0.2, 0.25) is 5.88 Å². The molecule has 0 aliphatic carbocycles. The summed E-state index contributed by atoms with van der Waals surface area (Å²) in [7, 11) is 0. The maximum atomic E-state index is 13.0. The van der Waals surface area contributed by atoms with Crippen LogP contribution in [0.1, 0.15) is 16.7 Å². The van der Waals surface area contributed by atoms with Crippen LogP contribution in [-0.4, -0.2) is 9.67 Å². The van der Waals surface area contributed by atoms with Crippen LogP contribution < -0.4 is 5.56 Å². The minimum absolute atomic E-state index is 0.0140. The highest BCUT2D eigenvalue weighted by atomic mass is 35.5. The highest BCUT2D eigenvalue weighted by molar-refractivity contribution is 6.30. The van der Waals surface area contributed by atoms with Crippen molar-refractivity contribution in [1.82, 2.24) is 4.57 Å². The standard InChI is InChI=1S/C20H15ClN4O2/c1-12-3-9-16(10-4-12)25-19(26)17(11-22)13(2)18(20(25)27)24-23-15-7-5-14(21)6-8-15/h3-10,26H,1-2H3. The van der Waals surface area contributed by atoms with Crippen LogP contribution in [-0.2, 0) is 0 Å². The van der Waals surface area contributed by atoms with E-state index in [0.29, 0.717) is 16.4 Å². The molecular weight excluding hydrogens is 364 g/mol. The van der Waals surface area contributed by atoms with Crippen LogP contribution >= 0.6 is 11.6 Å². The van der Waals surface area contributed by atoms with Crippen molar-refractivity contribution in [2.24, 2.45) is 10.2 Å². The van der Waals surface area contributed by atoms with Crippen LogP contribution in [0.4, 0.5) is 11.4 Å². The third kappa shape index (κ3) is 3.59. The van der Waals surface area contributed by atoms with Gasteiger partial charge in [0.15, 0.2) is 5.69 Å². The molecule has 0 atom stereocenters. The van der Waals surface area contributed by atoms with Crippen LogP contribution in [0.5, 0.6) is 5.88 Å². The molecule has 3 aromatic rings. The van der Waals surface area contributed by atoms with Gasteiger partial charge in [-0.3, -0.25) is 4.79 Å². The van der Waals surface area contributed by atoms with Crippen molar-refractivity contribution in [2.75, 3.05) is 0 Å². The Balaban J connectivity index is 2.21. The third-order valence-electron chi connectivity index (χ3n) is 4.07. The summed E-state index contributed by atoms with van der Waals surface area (Å²) >= 11 is 5.85. The Morgan fingerprint density at radius 2 is 1.67 bits per heavy atom. The van der Waals surface area contributed by atoms with E-state index < -0.39 is 11.4 Å². The number of nitrogens with zero attached hydrogens (tertiary/aromatic N) is 4. The predicted octanol–water partition coefficient (Wildman–Crippen LogP) is 5.10. The number of hydrogen-bond donors (Lipinski definition) is 1. The monoisotopic (exact) mass is 378 g/mol. The molecule has 0 aliphatic rings. The largest absolute Gasteiger partial charge is 0.493 e. The van der Waals surface area contributed by atoms with Gasteiger partial charge in [0.25, 0.3) is 5.56 Å². The van der Waals surface area contributed by atoms with Gasteiger partial charge in [0, 0.05) is 10.6 Å². The highest BCUT2D eigenvalue weighted by Gasteiger charge is 2.20. The first-order valence-electron chi connectivity index (χ1n) is 8.05. The molecule has 0 unspecified atom stereocenters. The minimum Gasteiger partial charge on any atom is -0.493 e. The maximum absolute atomic E-state index is 13.0. The SMILES string of the molecule is Cc1ccc(-n2c(O)c(C#N)c(C)c(N=Nc3ccc(Cl)cc3)c2=O)cc1. The molecule has 0 fully saturated rings. The van der Waals surface area contributed by atoms with E-state index in [0.717, 1.165) is 10.1 Å². The Hall–Kier alpha value is -3.43. The zero-order chi connectivity index (χ0) is 19.6. The van der Waals surface area contributed by atoms with Gasteiger partial charge in [-0.25, -0.2) is 4.57 Å². The van der Waals surface area contributed by atoms with E-state index in [1.807, 2.05) is 25.1 Å². The summed E-state index contributed by atoms with van der Waals surface area (Å²) < 4.78 is 1.06. The lowest BCUT2D eigenvalue weighted by Crippen LogP contribution is -2.20. The molecule has 1 N–H and O–H groups in total. The van der Waals surface area contributed by atoms with Gasteiger partial charge in [0.05, 0.1) is 11.4 Å². The third-order valence-corrected chi connectivity index (χ3v) is 4.32. The molecule has 0 saturated heterocycles. The summed E-state index contributed by atoms with van der Waals surface area (Å²) in [4.78, 5) is 13.0. The molecule has 0 radical (unpaired) electrons.